The summed E-state index contributed by atoms with van der Waals surface area (Å²) in [5, 5.41) is 3.28. The van der Waals surface area contributed by atoms with E-state index in [1.165, 1.54) is 44.1 Å². The molecule has 2 fully saturated rings. The van der Waals surface area contributed by atoms with Crippen LogP contribution in [-0.4, -0.2) is 11.9 Å². The highest BCUT2D eigenvalue weighted by Gasteiger charge is 2.44. The summed E-state index contributed by atoms with van der Waals surface area (Å²) in [5.41, 5.74) is 1.32. The van der Waals surface area contributed by atoms with Gasteiger partial charge >= 0.3 is 0 Å². The molecule has 0 aliphatic heterocycles. The highest BCUT2D eigenvalue weighted by molar-refractivity contribution is 5.83. The first-order valence-electron chi connectivity index (χ1n) is 7.70. The summed E-state index contributed by atoms with van der Waals surface area (Å²) in [4.78, 5) is 12.3. The Bertz CT molecular complexity index is 420. The van der Waals surface area contributed by atoms with Crippen LogP contribution in [0.25, 0.3) is 0 Å². The Morgan fingerprint density at radius 1 is 1.00 bits per heavy atom. The fraction of sp³-hybridized carbons (Fsp3) is 0.588. The fourth-order valence-electron chi connectivity index (χ4n) is 3.29. The summed E-state index contributed by atoms with van der Waals surface area (Å²) >= 11 is 0. The van der Waals surface area contributed by atoms with E-state index in [4.69, 9.17) is 0 Å². The van der Waals surface area contributed by atoms with Gasteiger partial charge in [-0.1, -0.05) is 56.0 Å². The largest absolute Gasteiger partial charge is 0.353 e. The van der Waals surface area contributed by atoms with E-state index < -0.39 is 0 Å². The lowest BCUT2D eigenvalue weighted by Crippen LogP contribution is -2.35. The Labute approximate surface area is 115 Å². The topological polar surface area (TPSA) is 29.1 Å². The molecule has 2 aliphatic rings. The number of carbonyl (C=O) groups is 1. The van der Waals surface area contributed by atoms with Crippen LogP contribution in [0.4, 0.5) is 0 Å². The monoisotopic (exact) mass is 257 g/mol. The lowest BCUT2D eigenvalue weighted by molar-refractivity contribution is -0.123. The third kappa shape index (κ3) is 3.17. The van der Waals surface area contributed by atoms with Gasteiger partial charge in [0.2, 0.25) is 5.91 Å². The molecule has 0 bridgehead atoms. The van der Waals surface area contributed by atoms with E-state index in [1.54, 1.807) is 0 Å². The molecule has 102 valence electrons. The molecule has 0 radical (unpaired) electrons. The molecule has 0 spiro atoms. The maximum atomic E-state index is 12.3. The minimum absolute atomic E-state index is 0.227. The van der Waals surface area contributed by atoms with E-state index in [9.17, 15) is 4.79 Å². The molecular formula is C17H23NO. The summed E-state index contributed by atoms with van der Waals surface area (Å²) in [6, 6.07) is 10.9. The van der Waals surface area contributed by atoms with Crippen molar-refractivity contribution >= 4 is 5.91 Å². The Morgan fingerprint density at radius 2 is 1.68 bits per heavy atom. The highest BCUT2D eigenvalue weighted by atomic mass is 16.2. The van der Waals surface area contributed by atoms with Crippen LogP contribution in [0.5, 0.6) is 0 Å². The molecule has 1 N–H and O–H groups in total. The summed E-state index contributed by atoms with van der Waals surface area (Å²) < 4.78 is 0. The van der Waals surface area contributed by atoms with Crippen molar-refractivity contribution in [1.29, 1.82) is 0 Å². The predicted molar refractivity (Wildman–Crippen MR) is 76.9 cm³/mol. The second kappa shape index (κ2) is 5.77. The molecule has 1 amide bonds. The van der Waals surface area contributed by atoms with E-state index in [-0.39, 0.29) is 5.92 Å². The van der Waals surface area contributed by atoms with E-state index in [0.29, 0.717) is 17.9 Å². The minimum atomic E-state index is 0.227. The average molecular weight is 257 g/mol. The van der Waals surface area contributed by atoms with Gasteiger partial charge in [0, 0.05) is 12.0 Å². The van der Waals surface area contributed by atoms with Crippen molar-refractivity contribution in [3.8, 4) is 0 Å². The smallest absolute Gasteiger partial charge is 0.223 e. The standard InChI is InChI=1S/C17H23NO/c19-17(18-14-10-6-1-2-7-11-14)16-12-15(16)13-8-4-3-5-9-13/h3-5,8-9,14-16H,1-2,6-7,10-12H2,(H,18,19)/t15-,16+/m1/s1. The quantitative estimate of drug-likeness (QED) is 0.823. The van der Waals surface area contributed by atoms with Crippen molar-refractivity contribution in [3.05, 3.63) is 35.9 Å². The first kappa shape index (κ1) is 12.7. The van der Waals surface area contributed by atoms with Crippen LogP contribution in [0.2, 0.25) is 0 Å². The molecule has 2 saturated carbocycles. The van der Waals surface area contributed by atoms with Crippen LogP contribution >= 0.6 is 0 Å². The van der Waals surface area contributed by atoms with Crippen LogP contribution in [0.3, 0.4) is 0 Å². The number of hydrogen-bond donors (Lipinski definition) is 1. The van der Waals surface area contributed by atoms with Gasteiger partial charge in [-0.05, 0) is 30.7 Å². The number of rotatable bonds is 3. The molecule has 1 aromatic rings. The van der Waals surface area contributed by atoms with Crippen molar-refractivity contribution in [2.24, 2.45) is 5.92 Å². The van der Waals surface area contributed by atoms with E-state index >= 15 is 0 Å². The summed E-state index contributed by atoms with van der Waals surface area (Å²) in [6.45, 7) is 0. The molecule has 2 atom stereocenters. The molecule has 2 heteroatoms. The first-order chi connectivity index (χ1) is 9.34. The van der Waals surface area contributed by atoms with Crippen LogP contribution < -0.4 is 5.32 Å². The van der Waals surface area contributed by atoms with Gasteiger partial charge in [0.25, 0.3) is 0 Å². The number of carbonyl (C=O) groups excluding carboxylic acids is 1. The number of amides is 1. The summed E-state index contributed by atoms with van der Waals surface area (Å²) in [5.74, 6) is 0.985. The maximum Gasteiger partial charge on any atom is 0.223 e. The maximum absolute atomic E-state index is 12.3. The predicted octanol–water partition coefficient (Wildman–Crippen LogP) is 3.63. The van der Waals surface area contributed by atoms with Crippen molar-refractivity contribution in [2.45, 2.75) is 56.9 Å². The molecular weight excluding hydrogens is 234 g/mol. The van der Waals surface area contributed by atoms with Crippen molar-refractivity contribution in [2.75, 3.05) is 0 Å². The zero-order valence-electron chi connectivity index (χ0n) is 11.5. The molecule has 1 aromatic carbocycles. The zero-order valence-corrected chi connectivity index (χ0v) is 11.5. The van der Waals surface area contributed by atoms with E-state index in [2.05, 4.69) is 29.6 Å². The van der Waals surface area contributed by atoms with Crippen molar-refractivity contribution < 1.29 is 4.79 Å². The van der Waals surface area contributed by atoms with Crippen LogP contribution in [0.1, 0.15) is 56.4 Å². The van der Waals surface area contributed by atoms with Gasteiger partial charge in [0.15, 0.2) is 0 Å². The van der Waals surface area contributed by atoms with E-state index in [1.807, 2.05) is 6.07 Å². The Morgan fingerprint density at radius 3 is 2.37 bits per heavy atom. The first-order valence-corrected chi connectivity index (χ1v) is 7.70. The van der Waals surface area contributed by atoms with Gasteiger partial charge in [0.1, 0.15) is 0 Å². The third-order valence-corrected chi connectivity index (χ3v) is 4.56. The van der Waals surface area contributed by atoms with Crippen LogP contribution in [0.15, 0.2) is 30.3 Å². The van der Waals surface area contributed by atoms with Gasteiger partial charge in [-0.2, -0.15) is 0 Å². The fourth-order valence-corrected chi connectivity index (χ4v) is 3.29. The summed E-state index contributed by atoms with van der Waals surface area (Å²) in [6.07, 6.45) is 8.60. The van der Waals surface area contributed by atoms with Crippen LogP contribution in [0, 0.1) is 5.92 Å². The Hall–Kier alpha value is -1.31. The molecule has 19 heavy (non-hydrogen) atoms. The van der Waals surface area contributed by atoms with Crippen molar-refractivity contribution in [1.82, 2.24) is 5.32 Å². The molecule has 2 nitrogen and oxygen atoms in total. The second-order valence-electron chi connectivity index (χ2n) is 6.06. The Kier molecular flexibility index (Phi) is 3.86. The third-order valence-electron chi connectivity index (χ3n) is 4.56. The van der Waals surface area contributed by atoms with Gasteiger partial charge < -0.3 is 5.32 Å². The molecule has 0 unspecified atom stereocenters. The van der Waals surface area contributed by atoms with Gasteiger partial charge in [-0.15, -0.1) is 0 Å². The normalized spacial score (nSPS) is 27.6. The lowest BCUT2D eigenvalue weighted by Gasteiger charge is -2.16. The SMILES string of the molecule is O=C(NC1CCCCCC1)[C@H]1C[C@@H]1c1ccccc1. The molecule has 0 saturated heterocycles. The van der Waals surface area contributed by atoms with E-state index in [0.717, 1.165) is 6.42 Å². The number of hydrogen-bond acceptors (Lipinski definition) is 1. The molecule has 0 aromatic heterocycles. The van der Waals surface area contributed by atoms with Gasteiger partial charge in [-0.25, -0.2) is 0 Å². The molecule has 3 rings (SSSR count). The minimum Gasteiger partial charge on any atom is -0.353 e. The van der Waals surface area contributed by atoms with Gasteiger partial charge in [-0.3, -0.25) is 4.79 Å². The lowest BCUT2D eigenvalue weighted by atomic mass is 10.1. The molecule has 0 heterocycles. The second-order valence-corrected chi connectivity index (χ2v) is 6.06. The summed E-state index contributed by atoms with van der Waals surface area (Å²) in [7, 11) is 0. The zero-order chi connectivity index (χ0) is 13.1. The van der Waals surface area contributed by atoms with Gasteiger partial charge in [0.05, 0.1) is 0 Å². The molecule has 2 aliphatic carbocycles. The van der Waals surface area contributed by atoms with Crippen LogP contribution in [-0.2, 0) is 4.79 Å². The highest BCUT2D eigenvalue weighted by Crippen LogP contribution is 2.47. The average Bonchev–Trinajstić information content (AvgIpc) is 3.24. The number of nitrogens with one attached hydrogen (secondary N) is 1. The number of benzene rings is 1. The Balaban J connectivity index is 1.52. The van der Waals surface area contributed by atoms with Crippen molar-refractivity contribution in [3.63, 3.8) is 0 Å².